The van der Waals surface area contributed by atoms with Gasteiger partial charge in [-0.3, -0.25) is 0 Å². The molecule has 1 saturated heterocycles. The molecule has 19 heavy (non-hydrogen) atoms. The van der Waals surface area contributed by atoms with Crippen molar-refractivity contribution in [2.75, 3.05) is 46.0 Å². The van der Waals surface area contributed by atoms with E-state index in [1.807, 2.05) is 16.7 Å². The molecular weight excluding hydrogens is 258 g/mol. The van der Waals surface area contributed by atoms with Gasteiger partial charge in [0.1, 0.15) is 0 Å². The molecule has 1 rings (SSSR count). The number of nitrogens with zero attached hydrogens (tertiary/aromatic N) is 2. The molecule has 0 spiro atoms. The van der Waals surface area contributed by atoms with Crippen LogP contribution in [-0.2, 0) is 0 Å². The Morgan fingerprint density at radius 2 is 2.11 bits per heavy atom. The van der Waals surface area contributed by atoms with E-state index < -0.39 is 0 Å². The molecule has 0 aromatic carbocycles. The Bertz CT molecular complexity index is 289. The van der Waals surface area contributed by atoms with Gasteiger partial charge in [0.2, 0.25) is 0 Å². The summed E-state index contributed by atoms with van der Waals surface area (Å²) >= 11 is 1.89. The van der Waals surface area contributed by atoms with E-state index in [4.69, 9.17) is 0 Å². The van der Waals surface area contributed by atoms with Crippen LogP contribution in [0.5, 0.6) is 0 Å². The molecule has 1 N–H and O–H groups in total. The van der Waals surface area contributed by atoms with E-state index in [1.54, 1.807) is 0 Å². The first kappa shape index (κ1) is 16.6. The standard InChI is InChI=1S/C14H29N3OS/c1-14(2,3)19-9-7-15-13(18)17-8-6-12(11-17)10-16(4)5/h12H,6-11H2,1-5H3,(H,15,18). The van der Waals surface area contributed by atoms with Crippen molar-refractivity contribution < 1.29 is 4.79 Å². The summed E-state index contributed by atoms with van der Waals surface area (Å²) in [7, 11) is 4.18. The molecule has 1 heterocycles. The number of rotatable bonds is 5. The number of hydrogen-bond acceptors (Lipinski definition) is 3. The average Bonchev–Trinajstić information content (AvgIpc) is 2.70. The van der Waals surface area contributed by atoms with E-state index in [0.717, 1.165) is 38.4 Å². The number of thioether (sulfide) groups is 1. The lowest BCUT2D eigenvalue weighted by Crippen LogP contribution is -2.40. The zero-order valence-corrected chi connectivity index (χ0v) is 13.8. The minimum absolute atomic E-state index is 0.107. The Balaban J connectivity index is 2.17. The van der Waals surface area contributed by atoms with E-state index in [-0.39, 0.29) is 10.8 Å². The lowest BCUT2D eigenvalue weighted by molar-refractivity contribution is 0.206. The first-order chi connectivity index (χ1) is 8.78. The quantitative estimate of drug-likeness (QED) is 0.787. The normalized spacial score (nSPS) is 20.1. The largest absolute Gasteiger partial charge is 0.337 e. The van der Waals surface area contributed by atoms with Crippen LogP contribution in [0.1, 0.15) is 27.2 Å². The predicted octanol–water partition coefficient (Wildman–Crippen LogP) is 2.11. The Kier molecular flexibility index (Phi) is 6.47. The van der Waals surface area contributed by atoms with Crippen LogP contribution >= 0.6 is 11.8 Å². The van der Waals surface area contributed by atoms with Crippen molar-refractivity contribution in [2.24, 2.45) is 5.92 Å². The SMILES string of the molecule is CN(C)CC1CCN(C(=O)NCCSC(C)(C)C)C1. The van der Waals surface area contributed by atoms with Crippen LogP contribution in [-0.4, -0.2) is 66.6 Å². The number of nitrogens with one attached hydrogen (secondary N) is 1. The molecule has 0 aromatic rings. The maximum Gasteiger partial charge on any atom is 0.317 e. The summed E-state index contributed by atoms with van der Waals surface area (Å²) in [5, 5.41) is 3.02. The summed E-state index contributed by atoms with van der Waals surface area (Å²) in [5.41, 5.74) is 0. The molecule has 0 radical (unpaired) electrons. The number of carbonyl (C=O) groups excluding carboxylic acids is 1. The maximum absolute atomic E-state index is 12.0. The molecule has 1 unspecified atom stereocenters. The summed E-state index contributed by atoms with van der Waals surface area (Å²) in [6, 6.07) is 0.107. The van der Waals surface area contributed by atoms with Gasteiger partial charge in [-0.15, -0.1) is 0 Å². The third-order valence-corrected chi connectivity index (χ3v) is 4.38. The van der Waals surface area contributed by atoms with E-state index >= 15 is 0 Å². The molecule has 0 aromatic heterocycles. The van der Waals surface area contributed by atoms with Gasteiger partial charge in [-0.1, -0.05) is 20.8 Å². The number of amides is 2. The van der Waals surface area contributed by atoms with Crippen LogP contribution < -0.4 is 5.32 Å². The first-order valence-electron chi connectivity index (χ1n) is 7.09. The minimum Gasteiger partial charge on any atom is -0.337 e. The maximum atomic E-state index is 12.0. The molecule has 5 heteroatoms. The fourth-order valence-corrected chi connectivity index (χ4v) is 3.13. The van der Waals surface area contributed by atoms with E-state index in [1.165, 1.54) is 0 Å². The lowest BCUT2D eigenvalue weighted by Gasteiger charge is -2.20. The fourth-order valence-electron chi connectivity index (χ4n) is 2.31. The number of carbonyl (C=O) groups is 1. The van der Waals surface area contributed by atoms with Crippen molar-refractivity contribution in [3.05, 3.63) is 0 Å². The van der Waals surface area contributed by atoms with Gasteiger partial charge in [0, 0.05) is 36.7 Å². The van der Waals surface area contributed by atoms with Crippen molar-refractivity contribution >= 4 is 17.8 Å². The zero-order valence-electron chi connectivity index (χ0n) is 13.0. The van der Waals surface area contributed by atoms with Crippen molar-refractivity contribution in [3.8, 4) is 0 Å². The summed E-state index contributed by atoms with van der Waals surface area (Å²) in [5.74, 6) is 1.61. The Labute approximate surface area is 122 Å². The van der Waals surface area contributed by atoms with Crippen LogP contribution in [0, 0.1) is 5.92 Å². The zero-order chi connectivity index (χ0) is 14.5. The Hall–Kier alpha value is -0.420. The van der Waals surface area contributed by atoms with Gasteiger partial charge in [0.25, 0.3) is 0 Å². The molecule has 0 aliphatic carbocycles. The number of likely N-dealkylation sites (tertiary alicyclic amines) is 1. The van der Waals surface area contributed by atoms with Crippen molar-refractivity contribution in [3.63, 3.8) is 0 Å². The smallest absolute Gasteiger partial charge is 0.317 e. The van der Waals surface area contributed by atoms with Gasteiger partial charge in [-0.2, -0.15) is 11.8 Å². The van der Waals surface area contributed by atoms with Gasteiger partial charge < -0.3 is 15.1 Å². The topological polar surface area (TPSA) is 35.6 Å². The van der Waals surface area contributed by atoms with Crippen LogP contribution in [0.4, 0.5) is 4.79 Å². The summed E-state index contributed by atoms with van der Waals surface area (Å²) in [6.45, 7) is 10.2. The highest BCUT2D eigenvalue weighted by Gasteiger charge is 2.26. The van der Waals surface area contributed by atoms with Crippen LogP contribution in [0.15, 0.2) is 0 Å². The lowest BCUT2D eigenvalue weighted by atomic mass is 10.1. The molecule has 1 fully saturated rings. The Morgan fingerprint density at radius 3 is 2.68 bits per heavy atom. The van der Waals surface area contributed by atoms with Gasteiger partial charge in [-0.25, -0.2) is 4.79 Å². The van der Waals surface area contributed by atoms with E-state index in [0.29, 0.717) is 5.92 Å². The van der Waals surface area contributed by atoms with Crippen molar-refractivity contribution in [1.82, 2.24) is 15.1 Å². The highest BCUT2D eigenvalue weighted by molar-refractivity contribution is 8.00. The van der Waals surface area contributed by atoms with E-state index in [9.17, 15) is 4.79 Å². The third-order valence-electron chi connectivity index (χ3n) is 3.11. The molecule has 1 aliphatic rings. The second-order valence-electron chi connectivity index (χ2n) is 6.56. The third kappa shape index (κ3) is 7.06. The first-order valence-corrected chi connectivity index (χ1v) is 8.08. The summed E-state index contributed by atoms with van der Waals surface area (Å²) < 4.78 is 0.273. The highest BCUT2D eigenvalue weighted by Crippen LogP contribution is 2.22. The molecule has 0 saturated carbocycles. The average molecular weight is 287 g/mol. The number of urea groups is 1. The van der Waals surface area contributed by atoms with E-state index in [2.05, 4.69) is 45.1 Å². The summed E-state index contributed by atoms with van der Waals surface area (Å²) in [4.78, 5) is 16.1. The second kappa shape index (κ2) is 7.39. The van der Waals surface area contributed by atoms with Gasteiger partial charge >= 0.3 is 6.03 Å². The molecule has 1 atom stereocenters. The predicted molar refractivity (Wildman–Crippen MR) is 83.8 cm³/mol. The molecule has 2 amide bonds. The van der Waals surface area contributed by atoms with Crippen molar-refractivity contribution in [1.29, 1.82) is 0 Å². The van der Waals surface area contributed by atoms with Crippen molar-refractivity contribution in [2.45, 2.75) is 31.9 Å². The van der Waals surface area contributed by atoms with Gasteiger partial charge in [0.15, 0.2) is 0 Å². The van der Waals surface area contributed by atoms with Gasteiger partial charge in [0.05, 0.1) is 0 Å². The molecule has 112 valence electrons. The highest BCUT2D eigenvalue weighted by atomic mass is 32.2. The molecular formula is C14H29N3OS. The van der Waals surface area contributed by atoms with Gasteiger partial charge in [-0.05, 0) is 26.4 Å². The van der Waals surface area contributed by atoms with Crippen LogP contribution in [0.3, 0.4) is 0 Å². The second-order valence-corrected chi connectivity index (χ2v) is 8.48. The Morgan fingerprint density at radius 1 is 1.42 bits per heavy atom. The number of hydrogen-bond donors (Lipinski definition) is 1. The fraction of sp³-hybridized carbons (Fsp3) is 0.929. The van der Waals surface area contributed by atoms with Crippen LogP contribution in [0.25, 0.3) is 0 Å². The summed E-state index contributed by atoms with van der Waals surface area (Å²) in [6.07, 6.45) is 1.13. The molecule has 1 aliphatic heterocycles. The monoisotopic (exact) mass is 287 g/mol. The molecule has 4 nitrogen and oxygen atoms in total. The molecule has 0 bridgehead atoms. The minimum atomic E-state index is 0.107. The van der Waals surface area contributed by atoms with Crippen LogP contribution in [0.2, 0.25) is 0 Å².